The van der Waals surface area contributed by atoms with Gasteiger partial charge >= 0.3 is 0 Å². The molecule has 1 aliphatic carbocycles. The summed E-state index contributed by atoms with van der Waals surface area (Å²) in [4.78, 5) is 12.4. The fourth-order valence-electron chi connectivity index (χ4n) is 3.55. The van der Waals surface area contributed by atoms with Gasteiger partial charge < -0.3 is 10.1 Å². The number of hydrogen-bond acceptors (Lipinski definition) is 4. The molecule has 3 rings (SSSR count). The van der Waals surface area contributed by atoms with Crippen molar-refractivity contribution >= 4 is 28.2 Å². The first kappa shape index (κ1) is 21.4. The molecule has 158 valence electrons. The van der Waals surface area contributed by atoms with Gasteiger partial charge in [0.2, 0.25) is 0 Å². The van der Waals surface area contributed by atoms with E-state index in [-0.39, 0.29) is 22.2 Å². The normalized spacial score (nSPS) is 15.7. The molecule has 29 heavy (non-hydrogen) atoms. The summed E-state index contributed by atoms with van der Waals surface area (Å²) in [5, 5.41) is 3.04. The van der Waals surface area contributed by atoms with Crippen LogP contribution in [0.5, 0.6) is 5.75 Å². The summed E-state index contributed by atoms with van der Waals surface area (Å²) in [5.41, 5.74) is 1.18. The minimum absolute atomic E-state index is 0.0408. The first-order chi connectivity index (χ1) is 13.9. The van der Waals surface area contributed by atoms with Gasteiger partial charge in [-0.1, -0.05) is 32.3 Å². The number of aromatic nitrogens is 1. The number of halogens is 1. The summed E-state index contributed by atoms with van der Waals surface area (Å²) in [6, 6.07) is 6.27. The molecule has 1 aliphatic rings. The highest BCUT2D eigenvalue weighted by Gasteiger charge is 2.24. The van der Waals surface area contributed by atoms with Crippen molar-refractivity contribution in [1.29, 1.82) is 0 Å². The van der Waals surface area contributed by atoms with Crippen LogP contribution in [0.15, 0.2) is 29.1 Å². The van der Waals surface area contributed by atoms with Crippen LogP contribution in [0.3, 0.4) is 0 Å². The summed E-state index contributed by atoms with van der Waals surface area (Å²) in [6.45, 7) is 1.95. The quantitative estimate of drug-likeness (QED) is 0.701. The average molecular weight is 422 g/mol. The Morgan fingerprint density at radius 2 is 1.97 bits per heavy atom. The highest BCUT2D eigenvalue weighted by molar-refractivity contribution is 7.87. The van der Waals surface area contributed by atoms with Crippen molar-refractivity contribution in [2.45, 2.75) is 50.7 Å². The molecule has 0 spiro atoms. The van der Waals surface area contributed by atoms with Crippen LogP contribution in [0.25, 0.3) is 0 Å². The number of rotatable bonds is 7. The lowest BCUT2D eigenvalue weighted by molar-refractivity contribution is 0.415. The second kappa shape index (κ2) is 9.43. The molecular formula is C21H28FN3O3S. The van der Waals surface area contributed by atoms with Crippen molar-refractivity contribution < 1.29 is 13.3 Å². The SMILES string of the molecule is CCc1ccc(Nc2c(NS(=O)C3CCCCC3)c(OC)cc(=O)n2C)c(F)c1. The van der Waals surface area contributed by atoms with E-state index in [1.165, 1.54) is 23.8 Å². The largest absolute Gasteiger partial charge is 0.494 e. The maximum absolute atomic E-state index is 14.6. The molecule has 1 aromatic heterocycles. The number of benzene rings is 1. The molecule has 0 saturated heterocycles. The lowest BCUT2D eigenvalue weighted by Crippen LogP contribution is -2.26. The Balaban J connectivity index is 1.99. The Bertz CT molecular complexity index is 955. The summed E-state index contributed by atoms with van der Waals surface area (Å²) in [7, 11) is 1.69. The van der Waals surface area contributed by atoms with Crippen molar-refractivity contribution in [1.82, 2.24) is 4.57 Å². The molecule has 0 bridgehead atoms. The van der Waals surface area contributed by atoms with E-state index in [2.05, 4.69) is 10.0 Å². The van der Waals surface area contributed by atoms with E-state index in [0.717, 1.165) is 44.1 Å². The first-order valence-electron chi connectivity index (χ1n) is 9.95. The fourth-order valence-corrected chi connectivity index (χ4v) is 4.88. The van der Waals surface area contributed by atoms with Crippen LogP contribution in [-0.4, -0.2) is 21.1 Å². The molecule has 0 aliphatic heterocycles. The Hall–Kier alpha value is -2.35. The van der Waals surface area contributed by atoms with Crippen molar-refractivity contribution in [3.63, 3.8) is 0 Å². The van der Waals surface area contributed by atoms with E-state index < -0.39 is 16.8 Å². The van der Waals surface area contributed by atoms with Crippen molar-refractivity contribution in [2.75, 3.05) is 17.1 Å². The third kappa shape index (κ3) is 4.80. The molecule has 1 heterocycles. The standard InChI is InChI=1S/C21H28FN3O3S/c1-4-14-10-11-17(16(22)12-14)23-21-20(18(28-3)13-19(26)25(21)2)24-29(27)15-8-6-5-7-9-15/h10-13,15,23-24H,4-9H2,1-3H3. The second-order valence-electron chi connectivity index (χ2n) is 7.29. The van der Waals surface area contributed by atoms with Crippen molar-refractivity contribution in [3.05, 3.63) is 46.0 Å². The summed E-state index contributed by atoms with van der Waals surface area (Å²) in [6.07, 6.45) is 5.79. The van der Waals surface area contributed by atoms with E-state index >= 15 is 0 Å². The Morgan fingerprint density at radius 3 is 2.59 bits per heavy atom. The Labute approximate surface area is 173 Å². The van der Waals surface area contributed by atoms with Gasteiger partial charge in [-0.05, 0) is 37.0 Å². The number of aryl methyl sites for hydroxylation is 1. The van der Waals surface area contributed by atoms with Crippen LogP contribution in [-0.2, 0) is 24.5 Å². The lowest BCUT2D eigenvalue weighted by Gasteiger charge is -2.24. The smallest absolute Gasteiger partial charge is 0.255 e. The average Bonchev–Trinajstić information content (AvgIpc) is 2.74. The van der Waals surface area contributed by atoms with Crippen LogP contribution >= 0.6 is 0 Å². The number of ether oxygens (including phenoxy) is 1. The lowest BCUT2D eigenvalue weighted by atomic mass is 10.0. The van der Waals surface area contributed by atoms with Gasteiger partial charge in [-0.3, -0.25) is 14.1 Å². The maximum Gasteiger partial charge on any atom is 0.255 e. The molecule has 1 aromatic carbocycles. The molecular weight excluding hydrogens is 393 g/mol. The minimum atomic E-state index is -1.34. The third-order valence-electron chi connectivity index (χ3n) is 5.38. The monoisotopic (exact) mass is 421 g/mol. The van der Waals surface area contributed by atoms with E-state index in [0.29, 0.717) is 11.5 Å². The van der Waals surface area contributed by atoms with Gasteiger partial charge in [0, 0.05) is 13.1 Å². The molecule has 0 radical (unpaired) electrons. The van der Waals surface area contributed by atoms with E-state index in [9.17, 15) is 13.4 Å². The second-order valence-corrected chi connectivity index (χ2v) is 8.75. The van der Waals surface area contributed by atoms with Crippen LogP contribution in [0.2, 0.25) is 0 Å². The van der Waals surface area contributed by atoms with Crippen molar-refractivity contribution in [2.24, 2.45) is 7.05 Å². The predicted molar refractivity (Wildman–Crippen MR) is 116 cm³/mol. The first-order valence-corrected chi connectivity index (χ1v) is 11.2. The molecule has 8 heteroatoms. The number of nitrogens with one attached hydrogen (secondary N) is 2. The third-order valence-corrected chi connectivity index (χ3v) is 6.86. The van der Waals surface area contributed by atoms with Gasteiger partial charge in [0.05, 0.1) is 18.0 Å². The van der Waals surface area contributed by atoms with E-state index in [1.54, 1.807) is 13.1 Å². The van der Waals surface area contributed by atoms with E-state index in [4.69, 9.17) is 4.74 Å². The van der Waals surface area contributed by atoms with Crippen LogP contribution in [0.4, 0.5) is 21.6 Å². The van der Waals surface area contributed by atoms with Gasteiger partial charge in [0.15, 0.2) is 5.75 Å². The Morgan fingerprint density at radius 1 is 1.24 bits per heavy atom. The van der Waals surface area contributed by atoms with Gasteiger partial charge in [-0.15, -0.1) is 0 Å². The van der Waals surface area contributed by atoms with Crippen molar-refractivity contribution in [3.8, 4) is 5.75 Å². The molecule has 1 fully saturated rings. The predicted octanol–water partition coefficient (Wildman–Crippen LogP) is 4.25. The van der Waals surface area contributed by atoms with Crippen LogP contribution in [0, 0.1) is 5.82 Å². The van der Waals surface area contributed by atoms with E-state index in [1.807, 2.05) is 13.0 Å². The van der Waals surface area contributed by atoms with Crippen LogP contribution in [0.1, 0.15) is 44.6 Å². The highest BCUT2D eigenvalue weighted by atomic mass is 32.2. The van der Waals surface area contributed by atoms with Gasteiger partial charge in [-0.25, -0.2) is 8.60 Å². The van der Waals surface area contributed by atoms with Gasteiger partial charge in [0.25, 0.3) is 5.56 Å². The molecule has 0 amide bonds. The fraction of sp³-hybridized carbons (Fsp3) is 0.476. The summed E-state index contributed by atoms with van der Waals surface area (Å²) >= 11 is 0. The molecule has 1 saturated carbocycles. The highest BCUT2D eigenvalue weighted by Crippen LogP contribution is 2.35. The molecule has 1 atom stereocenters. The number of methoxy groups -OCH3 is 1. The van der Waals surface area contributed by atoms with Crippen LogP contribution < -0.4 is 20.3 Å². The zero-order valence-electron chi connectivity index (χ0n) is 17.1. The molecule has 2 aromatic rings. The summed E-state index contributed by atoms with van der Waals surface area (Å²) in [5.74, 6) is 0.158. The number of nitrogens with zero attached hydrogens (tertiary/aromatic N) is 1. The number of anilines is 3. The number of pyridine rings is 1. The summed E-state index contributed by atoms with van der Waals surface area (Å²) < 4.78 is 37.3. The zero-order chi connectivity index (χ0) is 21.0. The van der Waals surface area contributed by atoms with Gasteiger partial charge in [0.1, 0.15) is 28.3 Å². The maximum atomic E-state index is 14.6. The molecule has 2 N–H and O–H groups in total. The number of hydrogen-bond donors (Lipinski definition) is 2. The van der Waals surface area contributed by atoms with Gasteiger partial charge in [-0.2, -0.15) is 0 Å². The minimum Gasteiger partial charge on any atom is -0.494 e. The zero-order valence-corrected chi connectivity index (χ0v) is 17.9. The molecule has 1 unspecified atom stereocenters. The Kier molecular flexibility index (Phi) is 6.95. The molecule has 6 nitrogen and oxygen atoms in total. The topological polar surface area (TPSA) is 72.4 Å².